The summed E-state index contributed by atoms with van der Waals surface area (Å²) in [4.78, 5) is 2.79. The molecule has 1 heterocycles. The molecule has 4 heteroatoms. The molecule has 2 rings (SSSR count). The molecular weight excluding hydrogens is 346 g/mol. The van der Waals surface area contributed by atoms with Crippen molar-refractivity contribution in [3.63, 3.8) is 0 Å². The van der Waals surface area contributed by atoms with Gasteiger partial charge in [0.15, 0.2) is 0 Å². The number of rotatable bonds is 7. The van der Waals surface area contributed by atoms with Crippen molar-refractivity contribution < 1.29 is 4.74 Å². The van der Waals surface area contributed by atoms with Gasteiger partial charge < -0.3 is 10.1 Å². The van der Waals surface area contributed by atoms with E-state index in [0.717, 1.165) is 23.2 Å². The standard InChI is InChI=1S/C17H22BrNOS/c1-4-13-8-10-16(21-13)17(19-5-2)14-9-7-12(20-6-3)11-15(14)18/h7-11,17,19H,4-6H2,1-3H3. The Morgan fingerprint density at radius 1 is 1.19 bits per heavy atom. The lowest BCUT2D eigenvalue weighted by Gasteiger charge is -2.19. The Bertz CT molecular complexity index is 582. The Balaban J connectivity index is 2.33. The summed E-state index contributed by atoms with van der Waals surface area (Å²) in [6, 6.07) is 10.9. The van der Waals surface area contributed by atoms with Gasteiger partial charge in [-0.2, -0.15) is 0 Å². The zero-order valence-corrected chi connectivity index (χ0v) is 15.2. The number of thiophene rings is 1. The monoisotopic (exact) mass is 367 g/mol. The number of aryl methyl sites for hydroxylation is 1. The first-order valence-electron chi connectivity index (χ1n) is 7.43. The molecular formula is C17H22BrNOS. The highest BCUT2D eigenvalue weighted by atomic mass is 79.9. The zero-order chi connectivity index (χ0) is 15.2. The van der Waals surface area contributed by atoms with Crippen LogP contribution in [-0.4, -0.2) is 13.2 Å². The molecule has 0 fully saturated rings. The van der Waals surface area contributed by atoms with Crippen LogP contribution in [0.4, 0.5) is 0 Å². The van der Waals surface area contributed by atoms with Crippen molar-refractivity contribution in [1.29, 1.82) is 0 Å². The van der Waals surface area contributed by atoms with Crippen LogP contribution in [0.3, 0.4) is 0 Å². The van der Waals surface area contributed by atoms with Crippen molar-refractivity contribution in [2.75, 3.05) is 13.2 Å². The topological polar surface area (TPSA) is 21.3 Å². The summed E-state index contributed by atoms with van der Waals surface area (Å²) < 4.78 is 6.65. The molecule has 21 heavy (non-hydrogen) atoms. The SMILES string of the molecule is CCNC(c1ccc(CC)s1)c1ccc(OCC)cc1Br. The smallest absolute Gasteiger partial charge is 0.120 e. The highest BCUT2D eigenvalue weighted by Crippen LogP contribution is 2.34. The number of halogens is 1. The van der Waals surface area contributed by atoms with Gasteiger partial charge in [0.05, 0.1) is 12.6 Å². The Morgan fingerprint density at radius 2 is 2.00 bits per heavy atom. The predicted molar refractivity (Wildman–Crippen MR) is 94.5 cm³/mol. The summed E-state index contributed by atoms with van der Waals surface area (Å²) in [7, 11) is 0. The van der Waals surface area contributed by atoms with Crippen molar-refractivity contribution >= 4 is 27.3 Å². The first-order valence-corrected chi connectivity index (χ1v) is 9.04. The average Bonchev–Trinajstić information content (AvgIpc) is 2.95. The molecule has 0 aliphatic carbocycles. The van der Waals surface area contributed by atoms with Crippen LogP contribution < -0.4 is 10.1 Å². The molecule has 2 nitrogen and oxygen atoms in total. The molecule has 0 bridgehead atoms. The van der Waals surface area contributed by atoms with Crippen LogP contribution in [0.2, 0.25) is 0 Å². The van der Waals surface area contributed by atoms with Gasteiger partial charge in [0, 0.05) is 14.2 Å². The highest BCUT2D eigenvalue weighted by molar-refractivity contribution is 9.10. The normalized spacial score (nSPS) is 12.4. The summed E-state index contributed by atoms with van der Waals surface area (Å²) in [5, 5.41) is 3.58. The minimum absolute atomic E-state index is 0.227. The van der Waals surface area contributed by atoms with Gasteiger partial charge in [0.1, 0.15) is 5.75 Å². The fourth-order valence-electron chi connectivity index (χ4n) is 2.31. The fraction of sp³-hybridized carbons (Fsp3) is 0.412. The lowest BCUT2D eigenvalue weighted by atomic mass is 10.1. The Morgan fingerprint density at radius 3 is 2.57 bits per heavy atom. The maximum atomic E-state index is 5.56. The Kier molecular flexibility index (Phi) is 6.27. The van der Waals surface area contributed by atoms with Crippen molar-refractivity contribution in [2.45, 2.75) is 33.2 Å². The number of nitrogens with one attached hydrogen (secondary N) is 1. The molecule has 0 spiro atoms. The van der Waals surface area contributed by atoms with E-state index >= 15 is 0 Å². The maximum absolute atomic E-state index is 5.56. The van der Waals surface area contributed by atoms with Crippen LogP contribution in [0, 0.1) is 0 Å². The first kappa shape index (κ1) is 16.5. The molecule has 1 unspecified atom stereocenters. The van der Waals surface area contributed by atoms with E-state index in [1.807, 2.05) is 24.3 Å². The third-order valence-electron chi connectivity index (χ3n) is 3.32. The van der Waals surface area contributed by atoms with Crippen LogP contribution in [0.1, 0.15) is 42.1 Å². The van der Waals surface area contributed by atoms with Gasteiger partial charge in [0.2, 0.25) is 0 Å². The van der Waals surface area contributed by atoms with E-state index in [2.05, 4.69) is 59.4 Å². The first-order chi connectivity index (χ1) is 10.2. The van der Waals surface area contributed by atoms with E-state index in [0.29, 0.717) is 6.61 Å². The van der Waals surface area contributed by atoms with E-state index in [4.69, 9.17) is 4.74 Å². The van der Waals surface area contributed by atoms with Gasteiger partial charge in [0.25, 0.3) is 0 Å². The van der Waals surface area contributed by atoms with E-state index in [9.17, 15) is 0 Å². The maximum Gasteiger partial charge on any atom is 0.120 e. The van der Waals surface area contributed by atoms with Crippen LogP contribution in [0.15, 0.2) is 34.8 Å². The molecule has 1 aromatic carbocycles. The van der Waals surface area contributed by atoms with Crippen LogP contribution in [-0.2, 0) is 6.42 Å². The van der Waals surface area contributed by atoms with Gasteiger partial charge in [-0.05, 0) is 49.7 Å². The number of benzene rings is 1. The molecule has 1 atom stereocenters. The van der Waals surface area contributed by atoms with Gasteiger partial charge in [-0.3, -0.25) is 0 Å². The van der Waals surface area contributed by atoms with Gasteiger partial charge in [-0.15, -0.1) is 11.3 Å². The molecule has 114 valence electrons. The Labute approximate surface area is 139 Å². The van der Waals surface area contributed by atoms with Gasteiger partial charge in [-0.1, -0.05) is 35.8 Å². The van der Waals surface area contributed by atoms with Crippen molar-refractivity contribution in [1.82, 2.24) is 5.32 Å². The van der Waals surface area contributed by atoms with Crippen molar-refractivity contribution in [3.05, 3.63) is 50.1 Å². The van der Waals surface area contributed by atoms with E-state index in [1.54, 1.807) is 0 Å². The van der Waals surface area contributed by atoms with E-state index < -0.39 is 0 Å². The molecule has 0 radical (unpaired) electrons. The summed E-state index contributed by atoms with van der Waals surface area (Å²) >= 11 is 5.58. The Hall–Kier alpha value is -0.840. The zero-order valence-electron chi connectivity index (χ0n) is 12.8. The summed E-state index contributed by atoms with van der Waals surface area (Å²) in [6.45, 7) is 7.96. The molecule has 2 aromatic rings. The molecule has 0 saturated carbocycles. The third kappa shape index (κ3) is 4.09. The quantitative estimate of drug-likeness (QED) is 0.728. The molecule has 1 N–H and O–H groups in total. The molecule has 0 saturated heterocycles. The van der Waals surface area contributed by atoms with Gasteiger partial charge in [-0.25, -0.2) is 0 Å². The lowest BCUT2D eigenvalue weighted by molar-refractivity contribution is 0.340. The summed E-state index contributed by atoms with van der Waals surface area (Å²) in [5.74, 6) is 0.906. The molecule has 1 aromatic heterocycles. The minimum Gasteiger partial charge on any atom is -0.494 e. The summed E-state index contributed by atoms with van der Waals surface area (Å²) in [6.07, 6.45) is 1.09. The largest absolute Gasteiger partial charge is 0.494 e. The number of ether oxygens (including phenoxy) is 1. The molecule has 0 aliphatic heterocycles. The number of hydrogen-bond donors (Lipinski definition) is 1. The minimum atomic E-state index is 0.227. The van der Waals surface area contributed by atoms with E-state index in [-0.39, 0.29) is 6.04 Å². The highest BCUT2D eigenvalue weighted by Gasteiger charge is 2.18. The fourth-order valence-corrected chi connectivity index (χ4v) is 3.94. The van der Waals surface area contributed by atoms with Gasteiger partial charge >= 0.3 is 0 Å². The number of hydrogen-bond acceptors (Lipinski definition) is 3. The second kappa shape index (κ2) is 7.97. The van der Waals surface area contributed by atoms with E-state index in [1.165, 1.54) is 15.3 Å². The predicted octanol–water partition coefficient (Wildman–Crippen LogP) is 5.17. The van der Waals surface area contributed by atoms with Crippen LogP contribution in [0.5, 0.6) is 5.75 Å². The average molecular weight is 368 g/mol. The molecule has 0 amide bonds. The lowest BCUT2D eigenvalue weighted by Crippen LogP contribution is -2.21. The second-order valence-electron chi connectivity index (χ2n) is 4.76. The molecule has 0 aliphatic rings. The second-order valence-corrected chi connectivity index (χ2v) is 6.82. The van der Waals surface area contributed by atoms with Crippen LogP contribution in [0.25, 0.3) is 0 Å². The van der Waals surface area contributed by atoms with Crippen LogP contribution >= 0.6 is 27.3 Å². The summed E-state index contributed by atoms with van der Waals surface area (Å²) in [5.41, 5.74) is 1.25. The van der Waals surface area contributed by atoms with Crippen molar-refractivity contribution in [3.8, 4) is 5.75 Å². The third-order valence-corrected chi connectivity index (χ3v) is 5.30. The van der Waals surface area contributed by atoms with Crippen molar-refractivity contribution in [2.24, 2.45) is 0 Å².